The summed E-state index contributed by atoms with van der Waals surface area (Å²) >= 11 is 0. The monoisotopic (exact) mass is 446 g/mol. The van der Waals surface area contributed by atoms with Gasteiger partial charge in [-0.2, -0.15) is 0 Å². The Balaban J connectivity index is 1.69. The number of ether oxygens (including phenoxy) is 2. The summed E-state index contributed by atoms with van der Waals surface area (Å²) < 4.78 is 36.4. The van der Waals surface area contributed by atoms with Crippen LogP contribution in [-0.2, 0) is 14.8 Å². The molecular weight excluding hydrogens is 416 g/mol. The molecule has 31 heavy (non-hydrogen) atoms. The molecule has 0 fully saturated rings. The standard InChI is InChI=1S/C23H30N2O5S/c1-15-7-12-21-19(13-15)20(14-23(3,4)30-21)24-22(26)16(2)29-18-10-8-17(9-11-18)25(5)31(6,27)28/h7-13,16,20H,14H2,1-6H3,(H,24,26). The van der Waals surface area contributed by atoms with Crippen LogP contribution in [0.4, 0.5) is 5.69 Å². The molecule has 0 aromatic heterocycles. The van der Waals surface area contributed by atoms with Crippen LogP contribution >= 0.6 is 0 Å². The molecule has 0 radical (unpaired) electrons. The van der Waals surface area contributed by atoms with Crippen molar-refractivity contribution in [1.82, 2.24) is 5.32 Å². The van der Waals surface area contributed by atoms with Crippen molar-refractivity contribution < 1.29 is 22.7 Å². The largest absolute Gasteiger partial charge is 0.487 e. The molecule has 1 amide bonds. The Kier molecular flexibility index (Phi) is 6.23. The van der Waals surface area contributed by atoms with E-state index in [0.29, 0.717) is 17.9 Å². The smallest absolute Gasteiger partial charge is 0.261 e. The molecule has 1 aliphatic rings. The van der Waals surface area contributed by atoms with Crippen LogP contribution in [-0.4, -0.2) is 39.3 Å². The summed E-state index contributed by atoms with van der Waals surface area (Å²) in [7, 11) is -1.86. The molecule has 1 N–H and O–H groups in total. The fraction of sp³-hybridized carbons (Fsp3) is 0.435. The number of carbonyl (C=O) groups is 1. The average Bonchev–Trinajstić information content (AvgIpc) is 2.67. The fourth-order valence-corrected chi connectivity index (χ4v) is 4.08. The summed E-state index contributed by atoms with van der Waals surface area (Å²) in [5, 5.41) is 3.10. The number of amides is 1. The van der Waals surface area contributed by atoms with E-state index in [1.165, 1.54) is 11.4 Å². The van der Waals surface area contributed by atoms with E-state index in [9.17, 15) is 13.2 Å². The lowest BCUT2D eigenvalue weighted by Gasteiger charge is -2.38. The van der Waals surface area contributed by atoms with Crippen molar-refractivity contribution in [3.05, 3.63) is 53.6 Å². The molecule has 2 aromatic rings. The van der Waals surface area contributed by atoms with Crippen molar-refractivity contribution in [2.45, 2.75) is 51.9 Å². The molecule has 0 saturated carbocycles. The fourth-order valence-electron chi connectivity index (χ4n) is 3.58. The highest BCUT2D eigenvalue weighted by atomic mass is 32.2. The van der Waals surface area contributed by atoms with Crippen LogP contribution in [0.15, 0.2) is 42.5 Å². The van der Waals surface area contributed by atoms with Crippen LogP contribution in [0.5, 0.6) is 11.5 Å². The number of nitrogens with zero attached hydrogens (tertiary/aromatic N) is 1. The molecule has 0 aliphatic carbocycles. The third-order valence-electron chi connectivity index (χ3n) is 5.32. The third kappa shape index (κ3) is 5.50. The van der Waals surface area contributed by atoms with E-state index in [2.05, 4.69) is 5.32 Å². The van der Waals surface area contributed by atoms with Gasteiger partial charge in [-0.3, -0.25) is 9.10 Å². The number of sulfonamides is 1. The van der Waals surface area contributed by atoms with Crippen LogP contribution in [0.3, 0.4) is 0 Å². The van der Waals surface area contributed by atoms with Crippen LogP contribution in [0.1, 0.15) is 44.4 Å². The number of benzene rings is 2. The maximum absolute atomic E-state index is 12.9. The van der Waals surface area contributed by atoms with Crippen molar-refractivity contribution in [3.63, 3.8) is 0 Å². The van der Waals surface area contributed by atoms with E-state index in [0.717, 1.165) is 23.1 Å². The quantitative estimate of drug-likeness (QED) is 0.733. The number of aryl methyl sites for hydroxylation is 1. The van der Waals surface area contributed by atoms with Gasteiger partial charge in [0.25, 0.3) is 5.91 Å². The Bertz CT molecular complexity index is 1060. The minimum Gasteiger partial charge on any atom is -0.487 e. The van der Waals surface area contributed by atoms with Gasteiger partial charge in [0.1, 0.15) is 17.1 Å². The van der Waals surface area contributed by atoms with Crippen molar-refractivity contribution in [1.29, 1.82) is 0 Å². The summed E-state index contributed by atoms with van der Waals surface area (Å²) in [6.07, 6.45) is 1.06. The number of carbonyl (C=O) groups excluding carboxylic acids is 1. The summed E-state index contributed by atoms with van der Waals surface area (Å²) in [6.45, 7) is 7.71. The van der Waals surface area contributed by atoms with E-state index in [4.69, 9.17) is 9.47 Å². The van der Waals surface area contributed by atoms with Gasteiger partial charge in [-0.1, -0.05) is 17.7 Å². The lowest BCUT2D eigenvalue weighted by molar-refractivity contribution is -0.128. The second kappa shape index (κ2) is 8.42. The molecule has 168 valence electrons. The van der Waals surface area contributed by atoms with E-state index in [-0.39, 0.29) is 11.9 Å². The van der Waals surface area contributed by atoms with Gasteiger partial charge in [-0.25, -0.2) is 8.42 Å². The van der Waals surface area contributed by atoms with Gasteiger partial charge in [0.15, 0.2) is 6.10 Å². The zero-order valence-electron chi connectivity index (χ0n) is 18.8. The van der Waals surface area contributed by atoms with Crippen LogP contribution in [0.25, 0.3) is 0 Å². The van der Waals surface area contributed by atoms with E-state index >= 15 is 0 Å². The number of hydrogen-bond donors (Lipinski definition) is 1. The van der Waals surface area contributed by atoms with E-state index in [1.807, 2.05) is 39.0 Å². The number of anilines is 1. The first-order chi connectivity index (χ1) is 14.4. The molecule has 3 rings (SSSR count). The maximum Gasteiger partial charge on any atom is 0.261 e. The zero-order chi connectivity index (χ0) is 23.0. The van der Waals surface area contributed by atoms with Gasteiger partial charge >= 0.3 is 0 Å². The first-order valence-electron chi connectivity index (χ1n) is 10.2. The van der Waals surface area contributed by atoms with Crippen molar-refractivity contribution >= 4 is 21.6 Å². The molecule has 8 heteroatoms. The Labute approximate surface area is 184 Å². The minimum atomic E-state index is -3.34. The molecule has 0 saturated heterocycles. The SMILES string of the molecule is Cc1ccc2c(c1)C(NC(=O)C(C)Oc1ccc(N(C)S(C)(=O)=O)cc1)CC(C)(C)O2. The Morgan fingerprint density at radius 1 is 1.23 bits per heavy atom. The second-order valence-corrected chi connectivity index (χ2v) is 10.7. The summed E-state index contributed by atoms with van der Waals surface area (Å²) in [6, 6.07) is 12.4. The molecule has 2 unspecified atom stereocenters. The number of rotatable bonds is 6. The van der Waals surface area contributed by atoms with Crippen molar-refractivity contribution in [2.24, 2.45) is 0 Å². The Morgan fingerprint density at radius 2 is 1.87 bits per heavy atom. The number of hydrogen-bond acceptors (Lipinski definition) is 5. The zero-order valence-corrected chi connectivity index (χ0v) is 19.6. The lowest BCUT2D eigenvalue weighted by atomic mass is 9.89. The first-order valence-corrected chi connectivity index (χ1v) is 12.0. The van der Waals surface area contributed by atoms with Crippen LogP contribution in [0.2, 0.25) is 0 Å². The normalized spacial score (nSPS) is 18.3. The highest BCUT2D eigenvalue weighted by Crippen LogP contribution is 2.40. The highest BCUT2D eigenvalue weighted by molar-refractivity contribution is 7.92. The molecule has 0 spiro atoms. The molecule has 7 nitrogen and oxygen atoms in total. The highest BCUT2D eigenvalue weighted by Gasteiger charge is 2.35. The van der Waals surface area contributed by atoms with Gasteiger partial charge in [-0.15, -0.1) is 0 Å². The van der Waals surface area contributed by atoms with Crippen molar-refractivity contribution in [2.75, 3.05) is 17.6 Å². The van der Waals surface area contributed by atoms with E-state index in [1.54, 1.807) is 31.2 Å². The third-order valence-corrected chi connectivity index (χ3v) is 6.52. The molecule has 1 heterocycles. The van der Waals surface area contributed by atoms with Crippen LogP contribution < -0.4 is 19.1 Å². The topological polar surface area (TPSA) is 84.9 Å². The lowest BCUT2D eigenvalue weighted by Crippen LogP contribution is -2.44. The summed E-state index contributed by atoms with van der Waals surface area (Å²) in [4.78, 5) is 12.9. The number of nitrogens with one attached hydrogen (secondary N) is 1. The second-order valence-electron chi connectivity index (χ2n) is 8.65. The van der Waals surface area contributed by atoms with Gasteiger partial charge in [0, 0.05) is 19.0 Å². The maximum atomic E-state index is 12.9. The van der Waals surface area contributed by atoms with Gasteiger partial charge in [-0.05, 0) is 58.0 Å². The Hall–Kier alpha value is -2.74. The molecule has 1 aliphatic heterocycles. The first kappa shape index (κ1) is 22.9. The van der Waals surface area contributed by atoms with Gasteiger partial charge in [0.05, 0.1) is 18.0 Å². The van der Waals surface area contributed by atoms with Gasteiger partial charge in [0.2, 0.25) is 10.0 Å². The molecule has 2 atom stereocenters. The van der Waals surface area contributed by atoms with Gasteiger partial charge < -0.3 is 14.8 Å². The molecule has 0 bridgehead atoms. The molecule has 2 aromatic carbocycles. The Morgan fingerprint density at radius 3 is 2.48 bits per heavy atom. The summed E-state index contributed by atoms with van der Waals surface area (Å²) in [5.41, 5.74) is 2.19. The number of fused-ring (bicyclic) bond motifs is 1. The van der Waals surface area contributed by atoms with Crippen LogP contribution in [0, 0.1) is 6.92 Å². The predicted molar refractivity (Wildman–Crippen MR) is 121 cm³/mol. The predicted octanol–water partition coefficient (Wildman–Crippen LogP) is 3.58. The van der Waals surface area contributed by atoms with E-state index < -0.39 is 21.7 Å². The van der Waals surface area contributed by atoms with Crippen molar-refractivity contribution in [3.8, 4) is 11.5 Å². The summed E-state index contributed by atoms with van der Waals surface area (Å²) in [5.74, 6) is 1.04. The molecular formula is C23H30N2O5S. The average molecular weight is 447 g/mol. The minimum absolute atomic E-state index is 0.178.